The lowest BCUT2D eigenvalue weighted by molar-refractivity contribution is -0.157. The van der Waals surface area contributed by atoms with Gasteiger partial charge in [0.25, 0.3) is 0 Å². The summed E-state index contributed by atoms with van der Waals surface area (Å²) in [7, 11) is 0. The van der Waals surface area contributed by atoms with E-state index in [1.165, 1.54) is 12.8 Å². The fourth-order valence-corrected chi connectivity index (χ4v) is 1.88. The Hall–Kier alpha value is -1.35. The molecular formula is C16H24O3. The van der Waals surface area contributed by atoms with Crippen molar-refractivity contribution in [2.24, 2.45) is 0 Å². The van der Waals surface area contributed by atoms with E-state index in [-0.39, 0.29) is 5.97 Å². The van der Waals surface area contributed by atoms with Crippen LogP contribution in [-0.2, 0) is 14.3 Å². The molecule has 1 atom stereocenters. The summed E-state index contributed by atoms with van der Waals surface area (Å²) in [5.74, 6) is -0.302. The van der Waals surface area contributed by atoms with Gasteiger partial charge in [-0.3, -0.25) is 0 Å². The largest absolute Gasteiger partial charge is 0.464 e. The van der Waals surface area contributed by atoms with Crippen LogP contribution in [0.25, 0.3) is 0 Å². The Morgan fingerprint density at radius 3 is 2.47 bits per heavy atom. The van der Waals surface area contributed by atoms with Crippen molar-refractivity contribution >= 4 is 5.97 Å². The van der Waals surface area contributed by atoms with Crippen LogP contribution in [0.4, 0.5) is 0 Å². The molecule has 3 heteroatoms. The highest BCUT2D eigenvalue weighted by Crippen LogP contribution is 2.19. The predicted molar refractivity (Wildman–Crippen MR) is 75.9 cm³/mol. The Morgan fingerprint density at radius 1 is 1.11 bits per heavy atom. The van der Waals surface area contributed by atoms with Crippen LogP contribution in [0.3, 0.4) is 0 Å². The summed E-state index contributed by atoms with van der Waals surface area (Å²) in [6.45, 7) is 4.95. The topological polar surface area (TPSA) is 35.5 Å². The van der Waals surface area contributed by atoms with Crippen LogP contribution in [-0.4, -0.2) is 19.2 Å². The zero-order chi connectivity index (χ0) is 13.9. The molecular weight excluding hydrogens is 240 g/mol. The quantitative estimate of drug-likeness (QED) is 0.501. The van der Waals surface area contributed by atoms with Gasteiger partial charge >= 0.3 is 5.97 Å². The molecule has 106 valence electrons. The SMILES string of the molecule is CCCCCCOC(C(=O)OCC)c1ccccc1. The summed E-state index contributed by atoms with van der Waals surface area (Å²) < 4.78 is 10.8. The minimum absolute atomic E-state index is 0.302. The number of esters is 1. The number of rotatable bonds is 9. The highest BCUT2D eigenvalue weighted by atomic mass is 16.6. The Kier molecular flexibility index (Phi) is 7.91. The molecule has 0 aliphatic carbocycles. The van der Waals surface area contributed by atoms with Crippen LogP contribution in [0.15, 0.2) is 30.3 Å². The van der Waals surface area contributed by atoms with E-state index in [9.17, 15) is 4.79 Å². The first-order chi connectivity index (χ1) is 9.29. The van der Waals surface area contributed by atoms with E-state index >= 15 is 0 Å². The van der Waals surface area contributed by atoms with E-state index in [1.807, 2.05) is 30.3 Å². The first-order valence-corrected chi connectivity index (χ1v) is 7.12. The maximum atomic E-state index is 11.9. The first kappa shape index (κ1) is 15.7. The average molecular weight is 264 g/mol. The molecule has 3 nitrogen and oxygen atoms in total. The van der Waals surface area contributed by atoms with Crippen LogP contribution in [0.5, 0.6) is 0 Å². The van der Waals surface area contributed by atoms with E-state index < -0.39 is 6.10 Å². The van der Waals surface area contributed by atoms with Crippen molar-refractivity contribution in [1.82, 2.24) is 0 Å². The van der Waals surface area contributed by atoms with Gasteiger partial charge in [0.15, 0.2) is 6.10 Å². The Labute approximate surface area is 115 Å². The van der Waals surface area contributed by atoms with Crippen molar-refractivity contribution in [2.75, 3.05) is 13.2 Å². The summed E-state index contributed by atoms with van der Waals surface area (Å²) >= 11 is 0. The Morgan fingerprint density at radius 2 is 1.84 bits per heavy atom. The van der Waals surface area contributed by atoms with E-state index in [0.717, 1.165) is 18.4 Å². The second-order valence-corrected chi connectivity index (χ2v) is 4.47. The van der Waals surface area contributed by atoms with Crippen molar-refractivity contribution in [3.05, 3.63) is 35.9 Å². The van der Waals surface area contributed by atoms with Gasteiger partial charge in [-0.25, -0.2) is 4.79 Å². The van der Waals surface area contributed by atoms with Crippen molar-refractivity contribution in [1.29, 1.82) is 0 Å². The lowest BCUT2D eigenvalue weighted by Gasteiger charge is -2.16. The summed E-state index contributed by atoms with van der Waals surface area (Å²) in [5.41, 5.74) is 0.858. The van der Waals surface area contributed by atoms with Gasteiger partial charge in [-0.2, -0.15) is 0 Å². The maximum absolute atomic E-state index is 11.9. The number of carbonyl (C=O) groups excluding carboxylic acids is 1. The molecule has 0 aromatic heterocycles. The molecule has 0 amide bonds. The lowest BCUT2D eigenvalue weighted by atomic mass is 10.1. The molecule has 1 aromatic carbocycles. The molecule has 19 heavy (non-hydrogen) atoms. The van der Waals surface area contributed by atoms with Crippen LogP contribution >= 0.6 is 0 Å². The second-order valence-electron chi connectivity index (χ2n) is 4.47. The van der Waals surface area contributed by atoms with Gasteiger partial charge in [0, 0.05) is 6.61 Å². The molecule has 0 heterocycles. The smallest absolute Gasteiger partial charge is 0.339 e. The fourth-order valence-electron chi connectivity index (χ4n) is 1.88. The number of benzene rings is 1. The van der Waals surface area contributed by atoms with Crippen molar-refractivity contribution in [3.63, 3.8) is 0 Å². The Balaban J connectivity index is 2.53. The molecule has 0 spiro atoms. The van der Waals surface area contributed by atoms with Crippen molar-refractivity contribution in [3.8, 4) is 0 Å². The highest BCUT2D eigenvalue weighted by molar-refractivity contribution is 5.76. The fraction of sp³-hybridized carbons (Fsp3) is 0.562. The molecule has 1 aromatic rings. The summed E-state index contributed by atoms with van der Waals surface area (Å²) in [6.07, 6.45) is 3.93. The number of ether oxygens (including phenoxy) is 2. The monoisotopic (exact) mass is 264 g/mol. The highest BCUT2D eigenvalue weighted by Gasteiger charge is 2.22. The van der Waals surface area contributed by atoms with E-state index in [4.69, 9.17) is 9.47 Å². The van der Waals surface area contributed by atoms with E-state index in [1.54, 1.807) is 6.92 Å². The zero-order valence-electron chi connectivity index (χ0n) is 11.9. The summed E-state index contributed by atoms with van der Waals surface area (Å²) in [4.78, 5) is 11.9. The number of carbonyl (C=O) groups is 1. The molecule has 0 saturated carbocycles. The van der Waals surface area contributed by atoms with Gasteiger partial charge in [0.1, 0.15) is 0 Å². The van der Waals surface area contributed by atoms with Crippen molar-refractivity contribution < 1.29 is 14.3 Å². The number of hydrogen-bond donors (Lipinski definition) is 0. The second kappa shape index (κ2) is 9.56. The van der Waals surface area contributed by atoms with E-state index in [2.05, 4.69) is 6.92 Å². The third kappa shape index (κ3) is 5.88. The molecule has 0 fully saturated rings. The molecule has 0 bridgehead atoms. The average Bonchev–Trinajstić information content (AvgIpc) is 2.44. The normalized spacial score (nSPS) is 12.1. The molecule has 1 unspecified atom stereocenters. The van der Waals surface area contributed by atoms with Gasteiger partial charge in [-0.05, 0) is 18.9 Å². The van der Waals surface area contributed by atoms with Crippen LogP contribution in [0, 0.1) is 0 Å². The lowest BCUT2D eigenvalue weighted by Crippen LogP contribution is -2.19. The molecule has 0 aliphatic rings. The summed E-state index contributed by atoms with van der Waals surface area (Å²) in [6, 6.07) is 9.53. The predicted octanol–water partition coefficient (Wildman–Crippen LogP) is 3.89. The molecule has 0 N–H and O–H groups in total. The van der Waals surface area contributed by atoms with E-state index in [0.29, 0.717) is 13.2 Å². The third-order valence-electron chi connectivity index (χ3n) is 2.89. The number of hydrogen-bond acceptors (Lipinski definition) is 3. The Bertz CT molecular complexity index is 348. The van der Waals surface area contributed by atoms with Gasteiger partial charge in [-0.1, -0.05) is 56.5 Å². The van der Waals surface area contributed by atoms with Gasteiger partial charge in [-0.15, -0.1) is 0 Å². The minimum atomic E-state index is -0.595. The van der Waals surface area contributed by atoms with Crippen LogP contribution in [0.1, 0.15) is 51.2 Å². The first-order valence-electron chi connectivity index (χ1n) is 7.12. The van der Waals surface area contributed by atoms with Crippen LogP contribution < -0.4 is 0 Å². The standard InChI is InChI=1S/C16H24O3/c1-3-5-6-10-13-19-15(16(17)18-4-2)14-11-8-7-9-12-14/h7-9,11-12,15H,3-6,10,13H2,1-2H3. The molecule has 0 saturated heterocycles. The molecule has 0 radical (unpaired) electrons. The van der Waals surface area contributed by atoms with Gasteiger partial charge in [0.2, 0.25) is 0 Å². The zero-order valence-corrected chi connectivity index (χ0v) is 11.9. The maximum Gasteiger partial charge on any atom is 0.339 e. The number of unbranched alkanes of at least 4 members (excludes halogenated alkanes) is 3. The van der Waals surface area contributed by atoms with Gasteiger partial charge < -0.3 is 9.47 Å². The van der Waals surface area contributed by atoms with Gasteiger partial charge in [0.05, 0.1) is 6.61 Å². The third-order valence-corrected chi connectivity index (χ3v) is 2.89. The summed E-state index contributed by atoms with van der Waals surface area (Å²) in [5, 5.41) is 0. The minimum Gasteiger partial charge on any atom is -0.464 e. The molecule has 0 aliphatic heterocycles. The van der Waals surface area contributed by atoms with Crippen LogP contribution in [0.2, 0.25) is 0 Å². The molecule has 1 rings (SSSR count). The van der Waals surface area contributed by atoms with Crippen molar-refractivity contribution in [2.45, 2.75) is 45.6 Å².